The van der Waals surface area contributed by atoms with Crippen LogP contribution in [0.5, 0.6) is 5.75 Å². The summed E-state index contributed by atoms with van der Waals surface area (Å²) in [5, 5.41) is 54.7. The molecule has 4 heterocycles. The van der Waals surface area contributed by atoms with Gasteiger partial charge in [0.05, 0.1) is 37.1 Å². The number of esters is 1. The zero-order chi connectivity index (χ0) is 43.2. The second-order valence-electron chi connectivity index (χ2n) is 17.7. The molecule has 0 saturated carbocycles. The molecular formula is C44H66O14. The van der Waals surface area contributed by atoms with Gasteiger partial charge in [0.15, 0.2) is 11.9 Å². The van der Waals surface area contributed by atoms with E-state index < -0.39 is 95.5 Å². The highest BCUT2D eigenvalue weighted by molar-refractivity contribution is 5.93. The Balaban J connectivity index is 1.34. The van der Waals surface area contributed by atoms with E-state index in [2.05, 4.69) is 0 Å². The van der Waals surface area contributed by atoms with Gasteiger partial charge in [-0.2, -0.15) is 0 Å². The third-order valence-electron chi connectivity index (χ3n) is 13.7. The number of aromatic carboxylic acids is 1. The number of Topliss-reactive ketones (excluding diaryl/α,β-unsaturated/α-hetero) is 1. The van der Waals surface area contributed by atoms with Gasteiger partial charge in [0, 0.05) is 37.2 Å². The monoisotopic (exact) mass is 818 g/mol. The number of rotatable bonds is 14. The first kappa shape index (κ1) is 46.1. The van der Waals surface area contributed by atoms with Crippen molar-refractivity contribution in [3.05, 3.63) is 41.0 Å². The van der Waals surface area contributed by atoms with Gasteiger partial charge in [-0.05, 0) is 74.1 Å². The highest BCUT2D eigenvalue weighted by Gasteiger charge is 2.70. The van der Waals surface area contributed by atoms with Gasteiger partial charge in [-0.1, -0.05) is 67.5 Å². The number of carboxylic acids is 1. The molecule has 1 aromatic carbocycles. The molecule has 1 aromatic rings. The number of hydrogen-bond acceptors (Lipinski definition) is 13. The molecule has 58 heavy (non-hydrogen) atoms. The highest BCUT2D eigenvalue weighted by Crippen LogP contribution is 2.56. The number of benzene rings is 1. The van der Waals surface area contributed by atoms with Gasteiger partial charge in [-0.25, -0.2) is 9.59 Å². The van der Waals surface area contributed by atoms with E-state index in [1.165, 1.54) is 7.11 Å². The summed E-state index contributed by atoms with van der Waals surface area (Å²) < 4.78 is 37.8. The largest absolute Gasteiger partial charge is 0.507 e. The van der Waals surface area contributed by atoms with Gasteiger partial charge < -0.3 is 54.0 Å². The molecule has 4 aliphatic rings. The fourth-order valence-corrected chi connectivity index (χ4v) is 10.4. The number of aromatic hydroxyl groups is 1. The van der Waals surface area contributed by atoms with Crippen LogP contribution >= 0.6 is 0 Å². The number of carbonyl (C=O) groups excluding carboxylic acids is 2. The summed E-state index contributed by atoms with van der Waals surface area (Å²) in [4.78, 5) is 39.0. The minimum atomic E-state index is -1.71. The summed E-state index contributed by atoms with van der Waals surface area (Å²) in [6.07, 6.45) is -2.14. The maximum atomic E-state index is 14.3. The molecule has 0 amide bonds. The van der Waals surface area contributed by atoms with Crippen LogP contribution in [0.2, 0.25) is 0 Å². The lowest BCUT2D eigenvalue weighted by atomic mass is 9.74. The Kier molecular flexibility index (Phi) is 14.0. The first-order chi connectivity index (χ1) is 27.1. The molecule has 326 valence electrons. The van der Waals surface area contributed by atoms with E-state index in [0.717, 1.165) is 0 Å². The summed E-state index contributed by atoms with van der Waals surface area (Å²) in [5.41, 5.74) is -0.434. The van der Waals surface area contributed by atoms with Crippen LogP contribution in [0.3, 0.4) is 0 Å². The van der Waals surface area contributed by atoms with Crippen LogP contribution in [0, 0.1) is 35.5 Å². The van der Waals surface area contributed by atoms with Gasteiger partial charge in [-0.15, -0.1) is 0 Å². The van der Waals surface area contributed by atoms with E-state index in [9.17, 15) is 39.9 Å². The smallest absolute Gasteiger partial charge is 0.339 e. The number of ketones is 1. The number of ether oxygens (including phenoxy) is 6. The minimum absolute atomic E-state index is 0.0480. The van der Waals surface area contributed by atoms with E-state index in [1.807, 2.05) is 41.5 Å². The van der Waals surface area contributed by atoms with Gasteiger partial charge in [0.25, 0.3) is 0 Å². The van der Waals surface area contributed by atoms with Crippen LogP contribution in [0.25, 0.3) is 0 Å². The van der Waals surface area contributed by atoms with Crippen molar-refractivity contribution in [2.45, 2.75) is 161 Å². The zero-order valence-corrected chi connectivity index (χ0v) is 35.8. The molecule has 3 saturated heterocycles. The lowest BCUT2D eigenvalue weighted by molar-refractivity contribution is -0.414. The van der Waals surface area contributed by atoms with Gasteiger partial charge >= 0.3 is 11.9 Å². The van der Waals surface area contributed by atoms with Crippen molar-refractivity contribution in [3.63, 3.8) is 0 Å². The average molecular weight is 819 g/mol. The van der Waals surface area contributed by atoms with Gasteiger partial charge in [-0.3, -0.25) is 4.79 Å². The van der Waals surface area contributed by atoms with E-state index in [4.69, 9.17) is 28.4 Å². The molecule has 0 unspecified atom stereocenters. The Morgan fingerprint density at radius 1 is 1.02 bits per heavy atom. The van der Waals surface area contributed by atoms with Gasteiger partial charge in [0.2, 0.25) is 5.79 Å². The van der Waals surface area contributed by atoms with E-state index >= 15 is 0 Å². The lowest BCUT2D eigenvalue weighted by Crippen LogP contribution is -2.64. The fourth-order valence-electron chi connectivity index (χ4n) is 10.4. The van der Waals surface area contributed by atoms with Gasteiger partial charge in [0.1, 0.15) is 28.8 Å². The summed E-state index contributed by atoms with van der Waals surface area (Å²) in [5.74, 6) is -8.68. The van der Waals surface area contributed by atoms with Crippen molar-refractivity contribution in [2.24, 2.45) is 35.5 Å². The maximum Gasteiger partial charge on any atom is 0.339 e. The number of aliphatic hydroxyl groups excluding tert-OH is 3. The molecule has 14 nitrogen and oxygen atoms in total. The molecule has 2 spiro atoms. The van der Waals surface area contributed by atoms with Crippen molar-refractivity contribution >= 4 is 17.7 Å². The predicted molar refractivity (Wildman–Crippen MR) is 211 cm³/mol. The number of methoxy groups -OCH3 is 1. The molecule has 0 bridgehead atoms. The summed E-state index contributed by atoms with van der Waals surface area (Å²) in [6.45, 7) is 18.3. The summed E-state index contributed by atoms with van der Waals surface area (Å²) >= 11 is 0. The Morgan fingerprint density at radius 2 is 1.69 bits per heavy atom. The predicted octanol–water partition coefficient (Wildman–Crippen LogP) is 4.91. The third kappa shape index (κ3) is 8.00. The van der Waals surface area contributed by atoms with Crippen LogP contribution in [0.15, 0.2) is 24.3 Å². The maximum absolute atomic E-state index is 14.3. The molecular weight excluding hydrogens is 752 g/mol. The number of carboxylic acid groups (broad SMARTS) is 1. The van der Waals surface area contributed by atoms with Crippen molar-refractivity contribution in [1.82, 2.24) is 0 Å². The fraction of sp³-hybridized carbons (Fsp3) is 0.750. The third-order valence-corrected chi connectivity index (χ3v) is 13.7. The second-order valence-corrected chi connectivity index (χ2v) is 17.7. The first-order valence-electron chi connectivity index (χ1n) is 20.9. The topological polar surface area (TPSA) is 208 Å². The Labute approximate surface area is 342 Å². The lowest BCUT2D eigenvalue weighted by Gasteiger charge is -2.54. The molecule has 5 rings (SSSR count). The van der Waals surface area contributed by atoms with Crippen molar-refractivity contribution in [1.29, 1.82) is 0 Å². The van der Waals surface area contributed by atoms with Crippen LogP contribution in [0.1, 0.15) is 116 Å². The molecule has 3 fully saturated rings. The Morgan fingerprint density at radius 3 is 2.29 bits per heavy atom. The molecule has 0 aliphatic carbocycles. The Bertz CT molecular complexity index is 1700. The number of aryl methyl sites for hydroxylation is 1. The molecule has 17 atom stereocenters. The number of phenols is 1. The van der Waals surface area contributed by atoms with Crippen LogP contribution in [0.4, 0.5) is 0 Å². The normalized spacial score (nSPS) is 38.7. The summed E-state index contributed by atoms with van der Waals surface area (Å²) in [7, 11) is 1.51. The molecule has 5 N–H and O–H groups in total. The van der Waals surface area contributed by atoms with Crippen LogP contribution < -0.4 is 0 Å². The Hall–Kier alpha value is -2.95. The van der Waals surface area contributed by atoms with Crippen LogP contribution in [-0.2, 0) is 44.4 Å². The van der Waals surface area contributed by atoms with Crippen molar-refractivity contribution < 1.29 is 68.3 Å². The molecule has 0 radical (unpaired) electrons. The second kappa shape index (κ2) is 17.6. The van der Waals surface area contributed by atoms with Crippen LogP contribution in [-0.4, -0.2) is 117 Å². The zero-order valence-electron chi connectivity index (χ0n) is 35.8. The van der Waals surface area contributed by atoms with E-state index in [-0.39, 0.29) is 47.9 Å². The molecule has 0 aromatic heterocycles. The average Bonchev–Trinajstić information content (AvgIpc) is 3.67. The van der Waals surface area contributed by atoms with E-state index in [0.29, 0.717) is 30.4 Å². The van der Waals surface area contributed by atoms with Crippen molar-refractivity contribution in [3.8, 4) is 5.75 Å². The highest BCUT2D eigenvalue weighted by atomic mass is 16.8. The first-order valence-corrected chi connectivity index (χ1v) is 20.9. The SMILES string of the molecule is CCOC(=O)[C@H]1O[C@@H]([C@]2(C)O[C@]3(O[C@]4(C=C[C@H]3O)O[C@H]([C@@H](C)C(=O)[C@@H](C)[C@@H](O)[C@H](C)C[C@H](C)c3ccc(CC)c(O)c3C(=O)O)[C@@H](C)C[C@H]4C)[C@H](C)[C@H]2OC)C[C@H]1O. The number of aliphatic hydroxyl groups is 3. The quantitative estimate of drug-likeness (QED) is 0.125. The summed E-state index contributed by atoms with van der Waals surface area (Å²) in [6, 6.07) is 3.44. The number of hydrogen-bond donors (Lipinski definition) is 5. The number of carbonyl (C=O) groups is 3. The minimum Gasteiger partial charge on any atom is -0.507 e. The van der Waals surface area contributed by atoms with E-state index in [1.54, 1.807) is 52.0 Å². The van der Waals surface area contributed by atoms with Crippen molar-refractivity contribution in [2.75, 3.05) is 13.7 Å². The standard InChI is InChI=1S/C44H66O14/c1-12-28-14-15-29(33(36(28)49)40(50)51)21(3)18-22(4)34(47)25(7)35(48)26(8)37-23(5)19-24(6)43(56-37)17-16-31(46)44(58-43)27(9)39(53-11)42(10,57-44)32-20-30(45)38(55-32)41(52)54-13-2/h14-17,21-27,30-32,34,37-39,45-47,49H,12-13,18-20H2,1-11H3,(H,50,51)/t21-,22+,23-,24+,25-,26-,27+,30+,31+,32+,34-,37-,38-,39+,42-,43-,44-/m0/s1. The molecule has 4 aliphatic heterocycles. The molecule has 14 heteroatoms.